The maximum absolute atomic E-state index is 13.4. The summed E-state index contributed by atoms with van der Waals surface area (Å²) in [5.41, 5.74) is 1.05. The molecule has 2 rings (SSSR count). The molecule has 0 saturated heterocycles. The Labute approximate surface area is 90.5 Å². The summed E-state index contributed by atoms with van der Waals surface area (Å²) in [5, 5.41) is 1.16. The van der Waals surface area contributed by atoms with Crippen molar-refractivity contribution >= 4 is 34.1 Å². The molecule has 0 fully saturated rings. The Morgan fingerprint density at radius 2 is 2.07 bits per heavy atom. The van der Waals surface area contributed by atoms with E-state index in [0.29, 0.717) is 15.9 Å². The summed E-state index contributed by atoms with van der Waals surface area (Å²) in [7, 11) is 0. The van der Waals surface area contributed by atoms with E-state index in [0.717, 1.165) is 5.56 Å². The summed E-state index contributed by atoms with van der Waals surface area (Å²) in [6.07, 6.45) is 1.42. The van der Waals surface area contributed by atoms with Gasteiger partial charge in [-0.1, -0.05) is 11.6 Å². The normalized spacial score (nSPS) is 10.8. The Kier molecular flexibility index (Phi) is 2.57. The van der Waals surface area contributed by atoms with E-state index in [-0.39, 0.29) is 11.7 Å². The molecule has 0 aliphatic heterocycles. The smallest absolute Gasteiger partial charge is 0.149 e. The van der Waals surface area contributed by atoms with E-state index >= 15 is 0 Å². The fraction of sp³-hybridized carbons (Fsp3) is 0.100. The number of rotatable bonds is 1. The van der Waals surface area contributed by atoms with Crippen LogP contribution in [0.25, 0.3) is 10.9 Å². The van der Waals surface area contributed by atoms with Gasteiger partial charge in [0.15, 0.2) is 0 Å². The number of aromatic nitrogens is 1. The molecule has 2 aromatic rings. The molecule has 0 atom stereocenters. The summed E-state index contributed by atoms with van der Waals surface area (Å²) < 4.78 is 13.4. The van der Waals surface area contributed by atoms with Crippen molar-refractivity contribution < 1.29 is 4.39 Å². The molecule has 1 nitrogen and oxygen atoms in total. The molecule has 0 spiro atoms. The lowest BCUT2D eigenvalue weighted by Crippen LogP contribution is -1.87. The number of hydrogen-bond acceptors (Lipinski definition) is 1. The van der Waals surface area contributed by atoms with Gasteiger partial charge < -0.3 is 0 Å². The maximum atomic E-state index is 13.4. The van der Waals surface area contributed by atoms with E-state index in [2.05, 4.69) is 4.98 Å². The maximum Gasteiger partial charge on any atom is 0.149 e. The number of benzene rings is 1. The zero-order valence-electron chi connectivity index (χ0n) is 7.10. The van der Waals surface area contributed by atoms with E-state index < -0.39 is 0 Å². The first kappa shape index (κ1) is 9.69. The van der Waals surface area contributed by atoms with Gasteiger partial charge in [0.05, 0.1) is 5.02 Å². The molecular weight excluding hydrogens is 224 g/mol. The molecule has 0 saturated carbocycles. The van der Waals surface area contributed by atoms with Crippen molar-refractivity contribution in [3.8, 4) is 0 Å². The van der Waals surface area contributed by atoms with Crippen LogP contribution in [0.15, 0.2) is 24.4 Å². The van der Waals surface area contributed by atoms with Crippen molar-refractivity contribution in [3.05, 3.63) is 40.8 Å². The molecule has 0 amide bonds. The van der Waals surface area contributed by atoms with Gasteiger partial charge in [0.25, 0.3) is 0 Å². The zero-order valence-corrected chi connectivity index (χ0v) is 8.61. The molecule has 0 N–H and O–H groups in total. The van der Waals surface area contributed by atoms with Crippen LogP contribution in [0.1, 0.15) is 5.56 Å². The highest BCUT2D eigenvalue weighted by Crippen LogP contribution is 2.21. The summed E-state index contributed by atoms with van der Waals surface area (Å²) >= 11 is 11.4. The van der Waals surface area contributed by atoms with E-state index in [9.17, 15) is 4.39 Å². The van der Waals surface area contributed by atoms with Crippen LogP contribution < -0.4 is 0 Å². The monoisotopic (exact) mass is 229 g/mol. The fourth-order valence-corrected chi connectivity index (χ4v) is 1.63. The first-order chi connectivity index (χ1) is 6.70. The van der Waals surface area contributed by atoms with Crippen LogP contribution in [0.5, 0.6) is 0 Å². The minimum Gasteiger partial charge on any atom is -0.252 e. The second-order valence-electron chi connectivity index (χ2n) is 2.94. The van der Waals surface area contributed by atoms with Gasteiger partial charge in [0.1, 0.15) is 11.3 Å². The summed E-state index contributed by atoms with van der Waals surface area (Å²) in [5.74, 6) is -0.0888. The topological polar surface area (TPSA) is 12.9 Å². The lowest BCUT2D eigenvalue weighted by Gasteiger charge is -2.02. The van der Waals surface area contributed by atoms with Crippen molar-refractivity contribution in [1.29, 1.82) is 0 Å². The third kappa shape index (κ3) is 1.68. The van der Waals surface area contributed by atoms with Crippen molar-refractivity contribution in [2.24, 2.45) is 0 Å². The average Bonchev–Trinajstić information content (AvgIpc) is 2.16. The number of hydrogen-bond donors (Lipinski definition) is 0. The second-order valence-corrected chi connectivity index (χ2v) is 3.64. The summed E-state index contributed by atoms with van der Waals surface area (Å²) in [6, 6.07) is 4.84. The fourth-order valence-electron chi connectivity index (χ4n) is 1.31. The van der Waals surface area contributed by atoms with Gasteiger partial charge in [0.2, 0.25) is 0 Å². The minimum absolute atomic E-state index is 0.277. The van der Waals surface area contributed by atoms with Gasteiger partial charge in [0, 0.05) is 17.5 Å². The van der Waals surface area contributed by atoms with E-state index in [1.807, 2.05) is 0 Å². The SMILES string of the molecule is Fc1cc(CCl)cc2cc(Cl)cnc12. The van der Waals surface area contributed by atoms with Gasteiger partial charge in [-0.3, -0.25) is 4.98 Å². The molecular formula is C10H6Cl2FN. The summed E-state index contributed by atoms with van der Waals surface area (Å²) in [6.45, 7) is 0. The Morgan fingerprint density at radius 3 is 2.79 bits per heavy atom. The molecule has 4 heteroatoms. The average molecular weight is 230 g/mol. The van der Waals surface area contributed by atoms with E-state index in [1.165, 1.54) is 12.3 Å². The lowest BCUT2D eigenvalue weighted by atomic mass is 10.1. The van der Waals surface area contributed by atoms with Gasteiger partial charge in [-0.2, -0.15) is 0 Å². The molecule has 14 heavy (non-hydrogen) atoms. The number of pyridine rings is 1. The Bertz CT molecular complexity index is 485. The first-order valence-corrected chi connectivity index (χ1v) is 4.91. The van der Waals surface area contributed by atoms with Crippen LogP contribution in [0.2, 0.25) is 5.02 Å². The molecule has 1 aromatic heterocycles. The van der Waals surface area contributed by atoms with E-state index in [1.54, 1.807) is 12.1 Å². The van der Waals surface area contributed by atoms with Gasteiger partial charge in [-0.05, 0) is 23.8 Å². The molecule has 0 aliphatic carbocycles. The van der Waals surface area contributed by atoms with Gasteiger partial charge in [-0.15, -0.1) is 11.6 Å². The summed E-state index contributed by atoms with van der Waals surface area (Å²) in [4.78, 5) is 3.91. The Morgan fingerprint density at radius 1 is 1.29 bits per heavy atom. The molecule has 0 bridgehead atoms. The van der Waals surface area contributed by atoms with Crippen LogP contribution in [-0.4, -0.2) is 4.98 Å². The highest BCUT2D eigenvalue weighted by atomic mass is 35.5. The van der Waals surface area contributed by atoms with Gasteiger partial charge in [-0.25, -0.2) is 4.39 Å². The third-order valence-corrected chi connectivity index (χ3v) is 2.43. The highest BCUT2D eigenvalue weighted by Gasteiger charge is 2.04. The number of fused-ring (bicyclic) bond motifs is 1. The minimum atomic E-state index is -0.366. The third-order valence-electron chi connectivity index (χ3n) is 1.92. The van der Waals surface area contributed by atoms with Crippen molar-refractivity contribution in [2.75, 3.05) is 0 Å². The van der Waals surface area contributed by atoms with Crippen molar-refractivity contribution in [1.82, 2.24) is 4.98 Å². The van der Waals surface area contributed by atoms with Crippen LogP contribution >= 0.6 is 23.2 Å². The van der Waals surface area contributed by atoms with Gasteiger partial charge >= 0.3 is 0 Å². The largest absolute Gasteiger partial charge is 0.252 e. The molecule has 72 valence electrons. The Balaban J connectivity index is 2.77. The second kappa shape index (κ2) is 3.71. The van der Waals surface area contributed by atoms with Crippen LogP contribution in [0, 0.1) is 5.82 Å². The van der Waals surface area contributed by atoms with Crippen molar-refractivity contribution in [3.63, 3.8) is 0 Å². The Hall–Kier alpha value is -0.860. The van der Waals surface area contributed by atoms with E-state index in [4.69, 9.17) is 23.2 Å². The molecule has 0 aliphatic rings. The molecule has 1 aromatic carbocycles. The number of alkyl halides is 1. The molecule has 0 unspecified atom stereocenters. The lowest BCUT2D eigenvalue weighted by molar-refractivity contribution is 0.635. The van der Waals surface area contributed by atoms with Crippen LogP contribution in [0.4, 0.5) is 4.39 Å². The predicted octanol–water partition coefficient (Wildman–Crippen LogP) is 3.77. The van der Waals surface area contributed by atoms with Crippen molar-refractivity contribution in [2.45, 2.75) is 5.88 Å². The molecule has 1 heterocycles. The first-order valence-electron chi connectivity index (χ1n) is 4.00. The standard InChI is InChI=1S/C10H6Cl2FN/c11-4-6-1-7-3-8(12)5-14-10(7)9(13)2-6/h1-3,5H,4H2. The van der Waals surface area contributed by atoms with Crippen LogP contribution in [0.3, 0.4) is 0 Å². The number of halogens is 3. The predicted molar refractivity (Wildman–Crippen MR) is 56.3 cm³/mol. The number of nitrogens with zero attached hydrogens (tertiary/aromatic N) is 1. The highest BCUT2D eigenvalue weighted by molar-refractivity contribution is 6.31. The van der Waals surface area contributed by atoms with Crippen LogP contribution in [-0.2, 0) is 5.88 Å². The quantitative estimate of drug-likeness (QED) is 0.679. The zero-order chi connectivity index (χ0) is 10.1. The molecule has 0 radical (unpaired) electrons.